The normalized spacial score (nSPS) is 14.5. The topological polar surface area (TPSA) is 54.7 Å². The Balaban J connectivity index is 2.08. The average molecular weight is 419 g/mol. The number of piperidine rings is 1. The van der Waals surface area contributed by atoms with Crippen molar-refractivity contribution >= 4 is 45.8 Å². The number of hydrogen-bond acceptors (Lipinski definition) is 3. The van der Waals surface area contributed by atoms with E-state index in [4.69, 9.17) is 27.9 Å². The molecule has 1 aliphatic rings. The van der Waals surface area contributed by atoms with Gasteiger partial charge in [0.25, 0.3) is 0 Å². The second-order valence-electron chi connectivity index (χ2n) is 6.87. The van der Waals surface area contributed by atoms with Crippen molar-refractivity contribution in [1.29, 1.82) is 0 Å². The van der Waals surface area contributed by atoms with Crippen molar-refractivity contribution in [3.05, 3.63) is 52.1 Å². The number of carboxylic acids is 1. The lowest BCUT2D eigenvalue weighted by Crippen LogP contribution is -2.30. The number of aromatic nitrogens is 1. The van der Waals surface area contributed by atoms with Crippen molar-refractivity contribution in [2.75, 3.05) is 25.1 Å². The van der Waals surface area contributed by atoms with E-state index in [2.05, 4.69) is 4.90 Å². The minimum Gasteiger partial charge on any atom is -0.497 e. The van der Waals surface area contributed by atoms with Gasteiger partial charge in [0.15, 0.2) is 5.69 Å². The molecule has 0 aliphatic carbocycles. The van der Waals surface area contributed by atoms with Crippen LogP contribution >= 0.6 is 23.2 Å². The number of halogens is 2. The molecule has 0 saturated carbocycles. The van der Waals surface area contributed by atoms with Crippen LogP contribution in [0, 0.1) is 0 Å². The van der Waals surface area contributed by atoms with Crippen LogP contribution in [0.25, 0.3) is 16.6 Å². The molecule has 2 aromatic carbocycles. The van der Waals surface area contributed by atoms with E-state index < -0.39 is 5.97 Å². The molecule has 1 aliphatic heterocycles. The lowest BCUT2D eigenvalue weighted by atomic mass is 10.1. The van der Waals surface area contributed by atoms with Crippen LogP contribution in [-0.4, -0.2) is 35.8 Å². The molecule has 28 heavy (non-hydrogen) atoms. The fourth-order valence-corrected chi connectivity index (χ4v) is 4.24. The van der Waals surface area contributed by atoms with E-state index in [1.807, 2.05) is 24.3 Å². The largest absolute Gasteiger partial charge is 0.497 e. The third kappa shape index (κ3) is 3.19. The van der Waals surface area contributed by atoms with Gasteiger partial charge >= 0.3 is 5.97 Å². The van der Waals surface area contributed by atoms with E-state index in [1.165, 1.54) is 0 Å². The highest BCUT2D eigenvalue weighted by Gasteiger charge is 2.28. The molecule has 7 heteroatoms. The highest BCUT2D eigenvalue weighted by atomic mass is 35.5. The molecule has 5 nitrogen and oxygen atoms in total. The molecule has 0 atom stereocenters. The Labute approximate surface area is 173 Å². The summed E-state index contributed by atoms with van der Waals surface area (Å²) in [7, 11) is 1.58. The summed E-state index contributed by atoms with van der Waals surface area (Å²) in [4.78, 5) is 14.6. The molecule has 1 fully saturated rings. The van der Waals surface area contributed by atoms with E-state index >= 15 is 0 Å². The lowest BCUT2D eigenvalue weighted by molar-refractivity contribution is 0.0689. The first kappa shape index (κ1) is 19.0. The van der Waals surface area contributed by atoms with Crippen molar-refractivity contribution in [3.8, 4) is 11.4 Å². The molecule has 146 valence electrons. The molecule has 2 heterocycles. The van der Waals surface area contributed by atoms with Crippen LogP contribution in [0.3, 0.4) is 0 Å². The van der Waals surface area contributed by atoms with Gasteiger partial charge in [-0.3, -0.25) is 0 Å². The van der Waals surface area contributed by atoms with E-state index in [9.17, 15) is 9.90 Å². The Morgan fingerprint density at radius 3 is 2.46 bits per heavy atom. The van der Waals surface area contributed by atoms with Crippen LogP contribution in [0.1, 0.15) is 29.8 Å². The van der Waals surface area contributed by atoms with E-state index in [0.717, 1.165) is 37.7 Å². The number of hydrogen-bond donors (Lipinski definition) is 1. The minimum atomic E-state index is -0.994. The van der Waals surface area contributed by atoms with Gasteiger partial charge in [-0.05, 0) is 43.5 Å². The second-order valence-corrected chi connectivity index (χ2v) is 7.68. The van der Waals surface area contributed by atoms with Gasteiger partial charge in [0.2, 0.25) is 0 Å². The molecule has 0 bridgehead atoms. The fourth-order valence-electron chi connectivity index (χ4n) is 3.92. The Bertz CT molecular complexity index is 1060. The highest BCUT2D eigenvalue weighted by molar-refractivity contribution is 6.43. The number of ether oxygens (including phenoxy) is 1. The number of carbonyl (C=O) groups is 1. The van der Waals surface area contributed by atoms with Gasteiger partial charge in [0.1, 0.15) is 5.75 Å². The molecule has 0 amide bonds. The van der Waals surface area contributed by atoms with Crippen molar-refractivity contribution in [2.45, 2.75) is 19.3 Å². The number of nitrogens with zero attached hydrogens (tertiary/aromatic N) is 2. The molecular formula is C21H20Cl2N2O3. The van der Waals surface area contributed by atoms with Gasteiger partial charge in [0.05, 0.1) is 34.0 Å². The first-order valence-electron chi connectivity index (χ1n) is 9.17. The van der Waals surface area contributed by atoms with Gasteiger partial charge in [0, 0.05) is 24.5 Å². The summed E-state index contributed by atoms with van der Waals surface area (Å²) in [5.74, 6) is -0.345. The van der Waals surface area contributed by atoms with Crippen molar-refractivity contribution in [1.82, 2.24) is 4.57 Å². The fraction of sp³-hybridized carbons (Fsp3) is 0.286. The summed E-state index contributed by atoms with van der Waals surface area (Å²) in [6, 6.07) is 10.8. The summed E-state index contributed by atoms with van der Waals surface area (Å²) >= 11 is 12.6. The summed E-state index contributed by atoms with van der Waals surface area (Å²) in [5.41, 5.74) is 2.32. The minimum absolute atomic E-state index is 0.212. The number of aromatic carboxylic acids is 1. The first-order valence-corrected chi connectivity index (χ1v) is 9.93. The zero-order valence-corrected chi connectivity index (χ0v) is 16.9. The average Bonchev–Trinajstić information content (AvgIpc) is 3.03. The highest BCUT2D eigenvalue weighted by Crippen LogP contribution is 2.41. The monoisotopic (exact) mass is 418 g/mol. The molecule has 0 unspecified atom stereocenters. The number of methoxy groups -OCH3 is 1. The zero-order valence-electron chi connectivity index (χ0n) is 15.4. The van der Waals surface area contributed by atoms with E-state index in [1.54, 1.807) is 23.8 Å². The lowest BCUT2D eigenvalue weighted by Gasteiger charge is -2.29. The molecule has 3 aromatic rings. The Kier molecular flexibility index (Phi) is 5.13. The predicted octanol–water partition coefficient (Wildman–Crippen LogP) is 5.63. The number of benzene rings is 2. The standard InChI is InChI=1S/C21H20Cl2N2O3/c1-28-14-7-5-6-13(10-14)25-18-12-17(23)16(22)11-15(18)19(20(25)21(26)27)24-8-3-2-4-9-24/h5-7,10-12H,2-4,8-9H2,1H3,(H,26,27). The maximum absolute atomic E-state index is 12.4. The number of rotatable bonds is 4. The summed E-state index contributed by atoms with van der Waals surface area (Å²) < 4.78 is 7.06. The van der Waals surface area contributed by atoms with Gasteiger partial charge in [-0.25, -0.2) is 4.79 Å². The van der Waals surface area contributed by atoms with Crippen LogP contribution < -0.4 is 9.64 Å². The van der Waals surface area contributed by atoms with Crippen molar-refractivity contribution in [2.24, 2.45) is 0 Å². The number of anilines is 1. The van der Waals surface area contributed by atoms with Gasteiger partial charge in [-0.15, -0.1) is 0 Å². The van der Waals surface area contributed by atoms with Crippen LogP contribution in [-0.2, 0) is 0 Å². The summed E-state index contributed by atoms with van der Waals surface area (Å²) in [6.45, 7) is 1.63. The van der Waals surface area contributed by atoms with Crippen molar-refractivity contribution in [3.63, 3.8) is 0 Å². The molecular weight excluding hydrogens is 399 g/mol. The predicted molar refractivity (Wildman–Crippen MR) is 113 cm³/mol. The van der Waals surface area contributed by atoms with Crippen LogP contribution in [0.5, 0.6) is 5.75 Å². The molecule has 1 aromatic heterocycles. The smallest absolute Gasteiger partial charge is 0.355 e. The summed E-state index contributed by atoms with van der Waals surface area (Å²) in [5, 5.41) is 11.7. The molecule has 0 spiro atoms. The van der Waals surface area contributed by atoms with Crippen LogP contribution in [0.2, 0.25) is 10.0 Å². The second kappa shape index (κ2) is 7.57. The van der Waals surface area contributed by atoms with Gasteiger partial charge in [-0.2, -0.15) is 0 Å². The number of fused-ring (bicyclic) bond motifs is 1. The maximum Gasteiger partial charge on any atom is 0.355 e. The molecule has 0 radical (unpaired) electrons. The van der Waals surface area contributed by atoms with E-state index in [0.29, 0.717) is 32.7 Å². The first-order chi connectivity index (χ1) is 13.5. The summed E-state index contributed by atoms with van der Waals surface area (Å²) in [6.07, 6.45) is 3.22. The third-order valence-electron chi connectivity index (χ3n) is 5.17. The molecule has 1 saturated heterocycles. The van der Waals surface area contributed by atoms with Gasteiger partial charge in [-0.1, -0.05) is 29.3 Å². The van der Waals surface area contributed by atoms with Crippen molar-refractivity contribution < 1.29 is 14.6 Å². The maximum atomic E-state index is 12.4. The molecule has 4 rings (SSSR count). The third-order valence-corrected chi connectivity index (χ3v) is 5.89. The van der Waals surface area contributed by atoms with E-state index in [-0.39, 0.29) is 5.69 Å². The van der Waals surface area contributed by atoms with Gasteiger partial charge < -0.3 is 19.3 Å². The zero-order chi connectivity index (χ0) is 19.8. The quantitative estimate of drug-likeness (QED) is 0.595. The Morgan fingerprint density at radius 1 is 1.07 bits per heavy atom. The molecule has 1 N–H and O–H groups in total. The Hall–Kier alpha value is -2.37. The number of carboxylic acid groups (broad SMARTS) is 1. The van der Waals surface area contributed by atoms with Crippen LogP contribution in [0.15, 0.2) is 36.4 Å². The SMILES string of the molecule is COc1cccc(-n2c(C(=O)O)c(N3CCCCC3)c3cc(Cl)c(Cl)cc32)c1. The van der Waals surface area contributed by atoms with Crippen LogP contribution in [0.4, 0.5) is 5.69 Å². The Morgan fingerprint density at radius 2 is 1.79 bits per heavy atom.